The molecule has 0 spiro atoms. The minimum Gasteiger partial charge on any atom is -0.458 e. The van der Waals surface area contributed by atoms with Gasteiger partial charge in [0.25, 0.3) is 0 Å². The zero-order valence-electron chi connectivity index (χ0n) is 20.7. The van der Waals surface area contributed by atoms with Crippen molar-refractivity contribution in [1.29, 1.82) is 0 Å². The van der Waals surface area contributed by atoms with E-state index in [1.165, 1.54) is 0 Å². The molecule has 37 heavy (non-hydrogen) atoms. The van der Waals surface area contributed by atoms with Crippen molar-refractivity contribution in [1.82, 2.24) is 20.3 Å². The number of aliphatic hydroxyl groups is 2. The summed E-state index contributed by atoms with van der Waals surface area (Å²) in [7, 11) is 0. The average molecular weight is 520 g/mol. The molecule has 2 bridgehead atoms. The SMILES string of the molecule is Cc1c(-c2cccc3cccc(Cl)c23)ncc2c(N3CC4CCC(C3)N4)nc(O[C@H](CO)CCO)nc12. The zero-order valence-corrected chi connectivity index (χ0v) is 21.4. The van der Waals surface area contributed by atoms with Gasteiger partial charge in [0.05, 0.1) is 23.2 Å². The summed E-state index contributed by atoms with van der Waals surface area (Å²) in [5.74, 6) is 0.789. The number of anilines is 1. The van der Waals surface area contributed by atoms with Crippen LogP contribution in [0.15, 0.2) is 42.6 Å². The molecule has 4 heterocycles. The summed E-state index contributed by atoms with van der Waals surface area (Å²) in [6.07, 6.45) is 3.86. The molecular formula is C28H30ClN5O3. The number of fused-ring (bicyclic) bond motifs is 4. The Morgan fingerprint density at radius 2 is 1.86 bits per heavy atom. The van der Waals surface area contributed by atoms with Gasteiger partial charge < -0.3 is 25.2 Å². The molecule has 2 saturated heterocycles. The molecule has 2 aliphatic heterocycles. The van der Waals surface area contributed by atoms with E-state index in [0.29, 0.717) is 23.5 Å². The number of halogens is 1. The Balaban J connectivity index is 1.52. The van der Waals surface area contributed by atoms with Gasteiger partial charge >= 0.3 is 6.01 Å². The Hall–Kier alpha value is -3.04. The van der Waals surface area contributed by atoms with Crippen LogP contribution in [0.25, 0.3) is 32.9 Å². The molecule has 0 amide bonds. The number of aromatic nitrogens is 3. The number of nitrogens with one attached hydrogen (secondary N) is 1. The number of hydrogen-bond donors (Lipinski definition) is 3. The summed E-state index contributed by atoms with van der Waals surface area (Å²) < 4.78 is 5.99. The van der Waals surface area contributed by atoms with Gasteiger partial charge in [0.15, 0.2) is 0 Å². The number of ether oxygens (including phenoxy) is 1. The van der Waals surface area contributed by atoms with Gasteiger partial charge in [0.2, 0.25) is 0 Å². The minimum atomic E-state index is -0.590. The Kier molecular flexibility index (Phi) is 6.58. The van der Waals surface area contributed by atoms with Gasteiger partial charge in [-0.15, -0.1) is 0 Å². The highest BCUT2D eigenvalue weighted by atomic mass is 35.5. The smallest absolute Gasteiger partial charge is 0.319 e. The second-order valence-electron chi connectivity index (χ2n) is 9.94. The highest BCUT2D eigenvalue weighted by Crippen LogP contribution is 2.38. The number of benzene rings is 2. The first-order valence-corrected chi connectivity index (χ1v) is 13.2. The molecular weight excluding hydrogens is 490 g/mol. The van der Waals surface area contributed by atoms with Gasteiger partial charge in [0, 0.05) is 65.9 Å². The number of pyridine rings is 1. The van der Waals surface area contributed by atoms with E-state index in [-0.39, 0.29) is 19.2 Å². The predicted octanol–water partition coefficient (Wildman–Crippen LogP) is 3.87. The van der Waals surface area contributed by atoms with Crippen molar-refractivity contribution in [2.24, 2.45) is 0 Å². The van der Waals surface area contributed by atoms with Crippen molar-refractivity contribution < 1.29 is 14.9 Å². The maximum absolute atomic E-state index is 9.77. The normalized spacial score (nSPS) is 20.1. The number of aryl methyl sites for hydroxylation is 1. The molecule has 2 fully saturated rings. The first kappa shape index (κ1) is 24.3. The van der Waals surface area contributed by atoms with Crippen molar-refractivity contribution in [3.8, 4) is 17.3 Å². The molecule has 0 saturated carbocycles. The Labute approximate surface area is 220 Å². The molecule has 2 aromatic carbocycles. The van der Waals surface area contributed by atoms with Crippen LogP contribution in [0.4, 0.5) is 5.82 Å². The fourth-order valence-corrected chi connectivity index (χ4v) is 5.97. The fraction of sp³-hybridized carbons (Fsp3) is 0.393. The molecule has 3 atom stereocenters. The topological polar surface area (TPSA) is 104 Å². The van der Waals surface area contributed by atoms with Gasteiger partial charge in [-0.05, 0) is 31.2 Å². The van der Waals surface area contributed by atoms with Gasteiger partial charge in [-0.2, -0.15) is 9.97 Å². The predicted molar refractivity (Wildman–Crippen MR) is 145 cm³/mol. The molecule has 0 radical (unpaired) electrons. The third kappa shape index (κ3) is 4.48. The van der Waals surface area contributed by atoms with Crippen LogP contribution in [0.1, 0.15) is 24.8 Å². The molecule has 192 valence electrons. The number of rotatable bonds is 7. The van der Waals surface area contributed by atoms with Gasteiger partial charge in [-0.25, -0.2) is 0 Å². The first-order chi connectivity index (χ1) is 18.1. The summed E-state index contributed by atoms with van der Waals surface area (Å²) in [5.41, 5.74) is 3.40. The second-order valence-corrected chi connectivity index (χ2v) is 10.4. The highest BCUT2D eigenvalue weighted by Gasteiger charge is 2.34. The average Bonchev–Trinajstić information content (AvgIpc) is 3.25. The lowest BCUT2D eigenvalue weighted by Gasteiger charge is -2.34. The van der Waals surface area contributed by atoms with Crippen LogP contribution >= 0.6 is 11.6 Å². The number of nitrogens with zero attached hydrogens (tertiary/aromatic N) is 4. The van der Waals surface area contributed by atoms with Crippen LogP contribution in [-0.4, -0.2) is 69.7 Å². The summed E-state index contributed by atoms with van der Waals surface area (Å²) in [6, 6.07) is 13.0. The molecule has 6 rings (SSSR count). The summed E-state index contributed by atoms with van der Waals surface area (Å²) in [4.78, 5) is 16.8. The van der Waals surface area contributed by atoms with Crippen LogP contribution in [-0.2, 0) is 0 Å². The second kappa shape index (κ2) is 10.0. The van der Waals surface area contributed by atoms with Crippen LogP contribution in [0.2, 0.25) is 5.02 Å². The van der Waals surface area contributed by atoms with Crippen molar-refractivity contribution in [2.45, 2.75) is 44.4 Å². The van der Waals surface area contributed by atoms with Crippen LogP contribution in [0, 0.1) is 6.92 Å². The molecule has 2 aliphatic rings. The lowest BCUT2D eigenvalue weighted by Crippen LogP contribution is -2.51. The van der Waals surface area contributed by atoms with Crippen LogP contribution < -0.4 is 15.0 Å². The largest absolute Gasteiger partial charge is 0.458 e. The van der Waals surface area contributed by atoms with E-state index in [4.69, 9.17) is 31.3 Å². The van der Waals surface area contributed by atoms with E-state index in [2.05, 4.69) is 10.2 Å². The third-order valence-electron chi connectivity index (χ3n) is 7.49. The minimum absolute atomic E-state index is 0.0955. The number of piperazine rings is 1. The van der Waals surface area contributed by atoms with Crippen molar-refractivity contribution in [3.63, 3.8) is 0 Å². The van der Waals surface area contributed by atoms with E-state index in [0.717, 1.165) is 70.2 Å². The monoisotopic (exact) mass is 519 g/mol. The van der Waals surface area contributed by atoms with Gasteiger partial charge in [-0.1, -0.05) is 41.9 Å². The lowest BCUT2D eigenvalue weighted by molar-refractivity contribution is 0.0832. The van der Waals surface area contributed by atoms with Crippen molar-refractivity contribution in [2.75, 3.05) is 31.2 Å². The Bertz CT molecular complexity index is 1450. The van der Waals surface area contributed by atoms with E-state index in [9.17, 15) is 10.2 Å². The number of aliphatic hydroxyl groups excluding tert-OH is 2. The molecule has 2 unspecified atom stereocenters. The maximum Gasteiger partial charge on any atom is 0.319 e. The lowest BCUT2D eigenvalue weighted by atomic mass is 9.98. The summed E-state index contributed by atoms with van der Waals surface area (Å²) in [6.45, 7) is 3.38. The zero-order chi connectivity index (χ0) is 25.5. The Morgan fingerprint density at radius 3 is 2.59 bits per heavy atom. The first-order valence-electron chi connectivity index (χ1n) is 12.8. The summed E-state index contributed by atoms with van der Waals surface area (Å²) >= 11 is 6.64. The van der Waals surface area contributed by atoms with Crippen LogP contribution in [0.3, 0.4) is 0 Å². The van der Waals surface area contributed by atoms with Crippen LogP contribution in [0.5, 0.6) is 6.01 Å². The van der Waals surface area contributed by atoms with E-state index in [1.807, 2.05) is 49.5 Å². The molecule has 2 aromatic heterocycles. The van der Waals surface area contributed by atoms with Gasteiger partial charge in [-0.3, -0.25) is 4.98 Å². The molecule has 3 N–H and O–H groups in total. The third-order valence-corrected chi connectivity index (χ3v) is 7.80. The highest BCUT2D eigenvalue weighted by molar-refractivity contribution is 6.36. The molecule has 4 aromatic rings. The van der Waals surface area contributed by atoms with Gasteiger partial charge in [0.1, 0.15) is 11.9 Å². The van der Waals surface area contributed by atoms with Crippen molar-refractivity contribution >= 4 is 39.1 Å². The van der Waals surface area contributed by atoms with Crippen molar-refractivity contribution in [3.05, 3.63) is 53.2 Å². The Morgan fingerprint density at radius 1 is 1.11 bits per heavy atom. The van der Waals surface area contributed by atoms with E-state index >= 15 is 0 Å². The number of hydrogen-bond acceptors (Lipinski definition) is 8. The van der Waals surface area contributed by atoms with E-state index < -0.39 is 6.10 Å². The maximum atomic E-state index is 9.77. The van der Waals surface area contributed by atoms with E-state index in [1.54, 1.807) is 0 Å². The molecule has 9 heteroatoms. The molecule has 0 aliphatic carbocycles. The fourth-order valence-electron chi connectivity index (χ4n) is 5.69. The quantitative estimate of drug-likeness (QED) is 0.338. The standard InChI is InChI=1S/C28H30ClN5O3/c1-16-25(21-6-2-4-17-5-3-7-23(29)24(17)21)30-12-22-26(16)32-28(37-20(15-36)10-11-35)33-27(22)34-13-18-8-9-19(14-34)31-18/h2-7,12,18-20,31,35-36H,8-11,13-15H2,1H3/t18?,19?,20-/m0/s1. The molecule has 8 nitrogen and oxygen atoms in total. The summed E-state index contributed by atoms with van der Waals surface area (Å²) in [5, 5.41) is 26.4.